The summed E-state index contributed by atoms with van der Waals surface area (Å²) in [6.45, 7) is 4.51. The molecule has 3 heteroatoms. The Morgan fingerprint density at radius 1 is 1.50 bits per heavy atom. The number of allylic oxidation sites excluding steroid dienone is 2. The highest BCUT2D eigenvalue weighted by Crippen LogP contribution is 1.94. The Kier molecular flexibility index (Phi) is 6.76. The molecule has 1 N–H and O–H groups in total. The van der Waals surface area contributed by atoms with Gasteiger partial charge in [0.05, 0.1) is 5.33 Å². The van der Waals surface area contributed by atoms with Gasteiger partial charge in [-0.25, -0.2) is 0 Å². The number of halogens is 1. The summed E-state index contributed by atoms with van der Waals surface area (Å²) in [7, 11) is 0. The molecule has 0 aromatic heterocycles. The van der Waals surface area contributed by atoms with Gasteiger partial charge in [-0.2, -0.15) is 0 Å². The topological polar surface area (TPSA) is 29.1 Å². The van der Waals surface area contributed by atoms with Crippen LogP contribution in [0.2, 0.25) is 0 Å². The van der Waals surface area contributed by atoms with Gasteiger partial charge in [0.2, 0.25) is 5.91 Å². The molecule has 0 atom stereocenters. The van der Waals surface area contributed by atoms with E-state index in [1.54, 1.807) is 0 Å². The Morgan fingerprint density at radius 3 is 2.58 bits per heavy atom. The average Bonchev–Trinajstić information content (AvgIpc) is 2.11. The number of alkyl halides is 1. The molecule has 0 rings (SSSR count). The first kappa shape index (κ1) is 11.4. The largest absolute Gasteiger partial charge is 0.351 e. The van der Waals surface area contributed by atoms with E-state index in [-0.39, 0.29) is 5.91 Å². The number of nitrogens with one attached hydrogen (secondary N) is 1. The van der Waals surface area contributed by atoms with Gasteiger partial charge in [-0.1, -0.05) is 34.2 Å². The summed E-state index contributed by atoms with van der Waals surface area (Å²) in [6.07, 6.45) is 5.92. The lowest BCUT2D eigenvalue weighted by atomic mass is 10.2. The van der Waals surface area contributed by atoms with Crippen molar-refractivity contribution in [3.63, 3.8) is 0 Å². The smallest absolute Gasteiger partial charge is 0.230 e. The molecule has 0 unspecified atom stereocenters. The maximum atomic E-state index is 10.8. The van der Waals surface area contributed by atoms with Crippen LogP contribution in [0.25, 0.3) is 0 Å². The molecule has 12 heavy (non-hydrogen) atoms. The predicted octanol–water partition coefficient (Wildman–Crippen LogP) is 2.02. The van der Waals surface area contributed by atoms with Gasteiger partial charge in [0.25, 0.3) is 0 Å². The number of hydrogen-bond acceptors (Lipinski definition) is 1. The minimum atomic E-state index is 0.0128. The zero-order valence-corrected chi connectivity index (χ0v) is 9.02. The lowest BCUT2D eigenvalue weighted by Crippen LogP contribution is -2.25. The third-order valence-electron chi connectivity index (χ3n) is 1.36. The monoisotopic (exact) mass is 231 g/mol. The van der Waals surface area contributed by atoms with Crippen LogP contribution in [0, 0.1) is 0 Å². The molecule has 2 nitrogen and oxygen atoms in total. The Bertz CT molecular complexity index is 197. The molecule has 0 fully saturated rings. The van der Waals surface area contributed by atoms with Crippen molar-refractivity contribution in [2.24, 2.45) is 0 Å². The summed E-state index contributed by atoms with van der Waals surface area (Å²) in [4.78, 5) is 10.8. The van der Waals surface area contributed by atoms with Crippen LogP contribution >= 0.6 is 15.9 Å². The summed E-state index contributed by atoms with van der Waals surface area (Å²) in [6, 6.07) is 0. The van der Waals surface area contributed by atoms with Crippen LogP contribution in [0.5, 0.6) is 0 Å². The van der Waals surface area contributed by atoms with Crippen LogP contribution in [0.3, 0.4) is 0 Å². The quantitative estimate of drug-likeness (QED) is 0.583. The van der Waals surface area contributed by atoms with Crippen molar-refractivity contribution in [3.05, 3.63) is 23.8 Å². The summed E-state index contributed by atoms with van der Waals surface area (Å²) in [5.74, 6) is 0.0128. The number of hydrogen-bond donors (Lipinski definition) is 1. The number of rotatable bonds is 4. The van der Waals surface area contributed by atoms with Crippen molar-refractivity contribution in [3.8, 4) is 0 Å². The van der Waals surface area contributed by atoms with Crippen LogP contribution in [0.1, 0.15) is 13.8 Å². The van der Waals surface area contributed by atoms with Crippen LogP contribution in [0.15, 0.2) is 23.8 Å². The SMILES string of the molecule is C/C=C\C(=C/C)CNC(=O)CBr. The molecular weight excluding hydrogens is 218 g/mol. The molecule has 0 saturated heterocycles. The van der Waals surface area contributed by atoms with E-state index in [1.165, 1.54) is 0 Å². The lowest BCUT2D eigenvalue weighted by Gasteiger charge is -2.02. The molecule has 0 spiro atoms. The Morgan fingerprint density at radius 2 is 2.17 bits per heavy atom. The Balaban J connectivity index is 3.82. The van der Waals surface area contributed by atoms with Gasteiger partial charge >= 0.3 is 0 Å². The van der Waals surface area contributed by atoms with Crippen molar-refractivity contribution in [1.82, 2.24) is 5.32 Å². The third-order valence-corrected chi connectivity index (χ3v) is 1.87. The number of carbonyl (C=O) groups excluding carboxylic acids is 1. The minimum Gasteiger partial charge on any atom is -0.351 e. The fraction of sp³-hybridized carbons (Fsp3) is 0.444. The fourth-order valence-electron chi connectivity index (χ4n) is 0.719. The van der Waals surface area contributed by atoms with Gasteiger partial charge in [0.1, 0.15) is 0 Å². The molecule has 0 aliphatic rings. The highest BCUT2D eigenvalue weighted by atomic mass is 79.9. The Labute approximate surface area is 81.9 Å². The molecular formula is C9H14BrNO. The molecule has 0 bridgehead atoms. The van der Waals surface area contributed by atoms with Crippen molar-refractivity contribution in [1.29, 1.82) is 0 Å². The second-order valence-corrected chi connectivity index (χ2v) is 2.83. The maximum Gasteiger partial charge on any atom is 0.230 e. The second-order valence-electron chi connectivity index (χ2n) is 2.27. The van der Waals surface area contributed by atoms with E-state index < -0.39 is 0 Å². The van der Waals surface area contributed by atoms with E-state index in [0.29, 0.717) is 11.9 Å². The third kappa shape index (κ3) is 5.13. The average molecular weight is 232 g/mol. The molecule has 0 radical (unpaired) electrons. The van der Waals surface area contributed by atoms with Crippen molar-refractivity contribution in [2.45, 2.75) is 13.8 Å². The zero-order chi connectivity index (χ0) is 9.40. The first-order chi connectivity index (χ1) is 5.74. The first-order valence-electron chi connectivity index (χ1n) is 3.85. The van der Waals surface area contributed by atoms with Crippen molar-refractivity contribution < 1.29 is 4.79 Å². The molecule has 68 valence electrons. The summed E-state index contributed by atoms with van der Waals surface area (Å²) in [5.41, 5.74) is 1.12. The Hall–Kier alpha value is -0.570. The summed E-state index contributed by atoms with van der Waals surface area (Å²) >= 11 is 3.08. The fourth-order valence-corrected chi connectivity index (χ4v) is 0.917. The molecule has 0 aliphatic heterocycles. The van der Waals surface area contributed by atoms with E-state index in [1.807, 2.05) is 32.1 Å². The van der Waals surface area contributed by atoms with Gasteiger partial charge in [-0.15, -0.1) is 0 Å². The van der Waals surface area contributed by atoms with Gasteiger partial charge in [0.15, 0.2) is 0 Å². The second kappa shape index (κ2) is 7.10. The predicted molar refractivity (Wildman–Crippen MR) is 55.4 cm³/mol. The van der Waals surface area contributed by atoms with Gasteiger partial charge in [-0.05, 0) is 19.4 Å². The zero-order valence-electron chi connectivity index (χ0n) is 7.43. The molecule has 1 amide bonds. The van der Waals surface area contributed by atoms with Crippen LogP contribution in [-0.2, 0) is 4.79 Å². The molecule has 0 saturated carbocycles. The van der Waals surface area contributed by atoms with Gasteiger partial charge < -0.3 is 5.32 Å². The minimum absolute atomic E-state index is 0.0128. The summed E-state index contributed by atoms with van der Waals surface area (Å²) < 4.78 is 0. The van der Waals surface area contributed by atoms with Crippen LogP contribution in [0.4, 0.5) is 0 Å². The summed E-state index contributed by atoms with van der Waals surface area (Å²) in [5, 5.41) is 3.12. The van der Waals surface area contributed by atoms with E-state index in [2.05, 4.69) is 21.2 Å². The van der Waals surface area contributed by atoms with Gasteiger partial charge in [-0.3, -0.25) is 4.79 Å². The normalized spacial score (nSPS) is 12.1. The van der Waals surface area contributed by atoms with Crippen LogP contribution in [-0.4, -0.2) is 17.8 Å². The molecule has 0 heterocycles. The van der Waals surface area contributed by atoms with E-state index >= 15 is 0 Å². The highest BCUT2D eigenvalue weighted by molar-refractivity contribution is 9.09. The van der Waals surface area contributed by atoms with Gasteiger partial charge in [0, 0.05) is 6.54 Å². The molecule has 0 aromatic rings. The molecule has 0 aromatic carbocycles. The molecule has 0 aliphatic carbocycles. The van der Waals surface area contributed by atoms with E-state index in [0.717, 1.165) is 5.57 Å². The number of amides is 1. The number of carbonyl (C=O) groups is 1. The lowest BCUT2D eigenvalue weighted by molar-refractivity contribution is -0.118. The van der Waals surface area contributed by atoms with E-state index in [9.17, 15) is 4.79 Å². The van der Waals surface area contributed by atoms with Crippen LogP contribution < -0.4 is 5.32 Å². The van der Waals surface area contributed by atoms with Crippen molar-refractivity contribution >= 4 is 21.8 Å². The van der Waals surface area contributed by atoms with E-state index in [4.69, 9.17) is 0 Å². The standard InChI is InChI=1S/C9H14BrNO/c1-3-5-8(4-2)7-11-9(12)6-10/h3-5H,6-7H2,1-2H3,(H,11,12)/b5-3-,8-4+. The highest BCUT2D eigenvalue weighted by Gasteiger charge is 1.96. The maximum absolute atomic E-state index is 10.8. The van der Waals surface area contributed by atoms with Crippen molar-refractivity contribution in [2.75, 3.05) is 11.9 Å². The first-order valence-corrected chi connectivity index (χ1v) is 4.97.